The minimum atomic E-state index is -0.643. The fraction of sp³-hybridized carbons (Fsp3) is 0.263. The van der Waals surface area contributed by atoms with Gasteiger partial charge in [-0.1, -0.05) is 55.2 Å². The van der Waals surface area contributed by atoms with Crippen molar-refractivity contribution < 1.29 is 19.1 Å². The summed E-state index contributed by atoms with van der Waals surface area (Å²) in [5.74, 6) is -0.286. The number of hydrogen-bond donors (Lipinski definition) is 1. The van der Waals surface area contributed by atoms with Crippen LogP contribution in [0.2, 0.25) is 10.0 Å². The van der Waals surface area contributed by atoms with E-state index in [0.717, 1.165) is 5.56 Å². The van der Waals surface area contributed by atoms with E-state index in [1.807, 2.05) is 32.0 Å². The largest absolute Gasteiger partial charge is 0.482 e. The number of carbonyl (C=O) groups excluding carboxylic acids is 2. The number of ether oxygens (including phenoxy) is 2. The summed E-state index contributed by atoms with van der Waals surface area (Å²) < 4.78 is 10.4. The summed E-state index contributed by atoms with van der Waals surface area (Å²) in [6, 6.07) is 12.1. The van der Waals surface area contributed by atoms with E-state index in [1.54, 1.807) is 18.2 Å². The fourth-order valence-corrected chi connectivity index (χ4v) is 2.53. The molecule has 0 saturated carbocycles. The van der Waals surface area contributed by atoms with Gasteiger partial charge in [-0.25, -0.2) is 4.79 Å². The zero-order valence-electron chi connectivity index (χ0n) is 14.4. The average molecular weight is 396 g/mol. The predicted octanol–water partition coefficient (Wildman–Crippen LogP) is 4.68. The van der Waals surface area contributed by atoms with Crippen molar-refractivity contribution in [2.24, 2.45) is 0 Å². The van der Waals surface area contributed by atoms with Crippen molar-refractivity contribution in [2.45, 2.75) is 19.8 Å². The van der Waals surface area contributed by atoms with Gasteiger partial charge in [0.15, 0.2) is 13.2 Å². The van der Waals surface area contributed by atoms with E-state index in [9.17, 15) is 9.59 Å². The van der Waals surface area contributed by atoms with Crippen LogP contribution in [-0.4, -0.2) is 25.1 Å². The Bertz CT molecular complexity index is 793. The maximum absolute atomic E-state index is 11.9. The highest BCUT2D eigenvalue weighted by Crippen LogP contribution is 2.26. The lowest BCUT2D eigenvalue weighted by Crippen LogP contribution is -2.24. The van der Waals surface area contributed by atoms with Gasteiger partial charge in [0.25, 0.3) is 5.91 Å². The Balaban J connectivity index is 1.82. The number of halogens is 2. The molecule has 0 heterocycles. The van der Waals surface area contributed by atoms with E-state index in [-0.39, 0.29) is 12.5 Å². The number of carbonyl (C=O) groups is 2. The lowest BCUT2D eigenvalue weighted by molar-refractivity contribution is -0.149. The second kappa shape index (κ2) is 9.46. The first-order chi connectivity index (χ1) is 12.4. The SMILES string of the molecule is CC(C)c1ccccc1OCC(=O)OCC(=O)Nc1cc(Cl)ccc1Cl. The van der Waals surface area contributed by atoms with Crippen LogP contribution in [0.4, 0.5) is 5.69 Å². The molecule has 138 valence electrons. The molecule has 0 atom stereocenters. The summed E-state index contributed by atoms with van der Waals surface area (Å²) in [5, 5.41) is 3.30. The summed E-state index contributed by atoms with van der Waals surface area (Å²) in [7, 11) is 0. The molecule has 26 heavy (non-hydrogen) atoms. The van der Waals surface area contributed by atoms with Crippen molar-refractivity contribution in [3.05, 3.63) is 58.1 Å². The lowest BCUT2D eigenvalue weighted by Gasteiger charge is -2.13. The number of benzene rings is 2. The molecule has 1 N–H and O–H groups in total. The van der Waals surface area contributed by atoms with Gasteiger partial charge >= 0.3 is 5.97 Å². The highest BCUT2D eigenvalue weighted by Gasteiger charge is 2.12. The molecule has 0 unspecified atom stereocenters. The monoisotopic (exact) mass is 395 g/mol. The molecule has 0 fully saturated rings. The Morgan fingerprint density at radius 2 is 1.81 bits per heavy atom. The van der Waals surface area contributed by atoms with Gasteiger partial charge in [-0.15, -0.1) is 0 Å². The van der Waals surface area contributed by atoms with Crippen molar-refractivity contribution in [1.29, 1.82) is 0 Å². The van der Waals surface area contributed by atoms with E-state index in [4.69, 9.17) is 32.7 Å². The van der Waals surface area contributed by atoms with Gasteiger partial charge in [-0.3, -0.25) is 4.79 Å². The van der Waals surface area contributed by atoms with Crippen molar-refractivity contribution in [1.82, 2.24) is 0 Å². The molecule has 0 aliphatic carbocycles. The third kappa shape index (κ3) is 5.93. The minimum Gasteiger partial charge on any atom is -0.482 e. The normalized spacial score (nSPS) is 10.5. The van der Waals surface area contributed by atoms with Crippen LogP contribution >= 0.6 is 23.2 Å². The van der Waals surface area contributed by atoms with Crippen molar-refractivity contribution in [3.8, 4) is 5.75 Å². The Hall–Kier alpha value is -2.24. The highest BCUT2D eigenvalue weighted by atomic mass is 35.5. The number of anilines is 1. The Morgan fingerprint density at radius 3 is 2.54 bits per heavy atom. The van der Waals surface area contributed by atoms with Gasteiger partial charge in [0, 0.05) is 5.02 Å². The van der Waals surface area contributed by atoms with Gasteiger partial charge in [0.2, 0.25) is 0 Å². The number of nitrogens with one attached hydrogen (secondary N) is 1. The van der Waals surface area contributed by atoms with Gasteiger partial charge in [0.1, 0.15) is 5.75 Å². The highest BCUT2D eigenvalue weighted by molar-refractivity contribution is 6.35. The van der Waals surface area contributed by atoms with Gasteiger partial charge in [-0.2, -0.15) is 0 Å². The maximum atomic E-state index is 11.9. The van der Waals surface area contributed by atoms with Crippen LogP contribution in [0.3, 0.4) is 0 Å². The van der Waals surface area contributed by atoms with Crippen LogP contribution < -0.4 is 10.1 Å². The van der Waals surface area contributed by atoms with E-state index >= 15 is 0 Å². The zero-order chi connectivity index (χ0) is 19.1. The Labute approximate surface area is 162 Å². The first-order valence-electron chi connectivity index (χ1n) is 7.99. The summed E-state index contributed by atoms with van der Waals surface area (Å²) in [4.78, 5) is 23.7. The maximum Gasteiger partial charge on any atom is 0.344 e. The van der Waals surface area contributed by atoms with Crippen LogP contribution in [0.1, 0.15) is 25.3 Å². The minimum absolute atomic E-state index is 0.260. The molecule has 1 amide bonds. The quantitative estimate of drug-likeness (QED) is 0.691. The van der Waals surface area contributed by atoms with E-state index in [1.165, 1.54) is 6.07 Å². The lowest BCUT2D eigenvalue weighted by atomic mass is 10.0. The summed E-state index contributed by atoms with van der Waals surface area (Å²) in [5.41, 5.74) is 1.34. The zero-order valence-corrected chi connectivity index (χ0v) is 15.9. The predicted molar refractivity (Wildman–Crippen MR) is 102 cm³/mol. The van der Waals surface area contributed by atoms with Crippen molar-refractivity contribution in [2.75, 3.05) is 18.5 Å². The molecule has 0 bridgehead atoms. The number of esters is 1. The standard InChI is InChI=1S/C19H19Cl2NO4/c1-12(2)14-5-3-4-6-17(14)25-11-19(24)26-10-18(23)22-16-9-13(20)7-8-15(16)21/h3-9,12H,10-11H2,1-2H3,(H,22,23). The number of amides is 1. The Kier molecular flexibility index (Phi) is 7.30. The summed E-state index contributed by atoms with van der Waals surface area (Å²) in [6.07, 6.45) is 0. The average Bonchev–Trinajstić information content (AvgIpc) is 2.61. The molecule has 0 saturated heterocycles. The molecule has 7 heteroatoms. The smallest absolute Gasteiger partial charge is 0.344 e. The van der Waals surface area contributed by atoms with Gasteiger partial charge in [0.05, 0.1) is 10.7 Å². The van der Waals surface area contributed by atoms with Gasteiger partial charge in [-0.05, 0) is 35.7 Å². The Morgan fingerprint density at radius 1 is 1.08 bits per heavy atom. The number of para-hydroxylation sites is 1. The van der Waals surface area contributed by atoms with E-state index in [2.05, 4.69) is 5.32 Å². The molecule has 0 aliphatic heterocycles. The number of hydrogen-bond acceptors (Lipinski definition) is 4. The first kappa shape index (κ1) is 20.1. The van der Waals surface area contributed by atoms with Crippen LogP contribution in [0, 0.1) is 0 Å². The van der Waals surface area contributed by atoms with Crippen molar-refractivity contribution in [3.63, 3.8) is 0 Å². The molecule has 0 aliphatic rings. The molecular weight excluding hydrogens is 377 g/mol. The fourth-order valence-electron chi connectivity index (χ4n) is 2.19. The molecule has 2 aromatic carbocycles. The summed E-state index contributed by atoms with van der Waals surface area (Å²) in [6.45, 7) is 3.34. The van der Waals surface area contributed by atoms with Crippen LogP contribution in [0.5, 0.6) is 5.75 Å². The molecule has 0 radical (unpaired) electrons. The van der Waals surface area contributed by atoms with Crippen molar-refractivity contribution >= 4 is 40.8 Å². The molecule has 2 aromatic rings. The van der Waals surface area contributed by atoms with Crippen LogP contribution in [0.25, 0.3) is 0 Å². The van der Waals surface area contributed by atoms with Crippen LogP contribution in [0.15, 0.2) is 42.5 Å². The van der Waals surface area contributed by atoms with E-state index < -0.39 is 18.5 Å². The van der Waals surface area contributed by atoms with Gasteiger partial charge < -0.3 is 14.8 Å². The number of rotatable bonds is 7. The molecular formula is C19H19Cl2NO4. The topological polar surface area (TPSA) is 64.6 Å². The first-order valence-corrected chi connectivity index (χ1v) is 8.74. The molecule has 0 spiro atoms. The van der Waals surface area contributed by atoms with Crippen LogP contribution in [-0.2, 0) is 14.3 Å². The second-order valence-electron chi connectivity index (χ2n) is 5.81. The molecule has 0 aromatic heterocycles. The summed E-state index contributed by atoms with van der Waals surface area (Å²) >= 11 is 11.8. The molecule has 5 nitrogen and oxygen atoms in total. The third-order valence-electron chi connectivity index (χ3n) is 3.45. The molecule has 2 rings (SSSR count). The second-order valence-corrected chi connectivity index (χ2v) is 6.66. The van der Waals surface area contributed by atoms with E-state index in [0.29, 0.717) is 21.5 Å². The third-order valence-corrected chi connectivity index (χ3v) is 4.02.